The lowest BCUT2D eigenvalue weighted by molar-refractivity contribution is -0.157. The van der Waals surface area contributed by atoms with Gasteiger partial charge in [-0.1, -0.05) is 11.7 Å². The van der Waals surface area contributed by atoms with Crippen molar-refractivity contribution in [1.82, 2.24) is 0 Å². The summed E-state index contributed by atoms with van der Waals surface area (Å²) in [7, 11) is 0. The van der Waals surface area contributed by atoms with E-state index in [1.165, 1.54) is 0 Å². The predicted octanol–water partition coefficient (Wildman–Crippen LogP) is 0.107. The van der Waals surface area contributed by atoms with Crippen molar-refractivity contribution in [2.45, 2.75) is 0 Å². The molecule has 0 fully saturated rings. The molecule has 0 saturated carbocycles. The van der Waals surface area contributed by atoms with Gasteiger partial charge in [0.05, 0.1) is 0 Å². The molecule has 46 valence electrons. The highest BCUT2D eigenvalue weighted by molar-refractivity contribution is 8.66. The first-order valence-electron chi connectivity index (χ1n) is 1.44. The van der Waals surface area contributed by atoms with Crippen LogP contribution in [0, 0.1) is 0 Å². The second kappa shape index (κ2) is 3.62. The number of hydrogen-bond donors (Lipinski definition) is 2. The molecule has 0 bridgehead atoms. The van der Waals surface area contributed by atoms with Gasteiger partial charge in [0.1, 0.15) is 11.1 Å². The van der Waals surface area contributed by atoms with Crippen LogP contribution in [0.15, 0.2) is 0 Å². The molecule has 0 aliphatic heterocycles. The van der Waals surface area contributed by atoms with E-state index in [-0.39, 0.29) is 0 Å². The predicted molar refractivity (Wildman–Crippen MR) is 30.3 cm³/mol. The molecular formula is C2H2O4S2. The molecule has 0 amide bonds. The Morgan fingerprint density at radius 1 is 1.62 bits per heavy atom. The van der Waals surface area contributed by atoms with E-state index in [2.05, 4.69) is 15.8 Å². The van der Waals surface area contributed by atoms with Crippen molar-refractivity contribution in [1.29, 1.82) is 0 Å². The first-order valence-corrected chi connectivity index (χ1v) is 3.23. The van der Waals surface area contributed by atoms with Gasteiger partial charge in [-0.15, -0.1) is 0 Å². The second-order valence-electron chi connectivity index (χ2n) is 0.750. The Morgan fingerprint density at radius 2 is 2.12 bits per heavy atom. The number of carboxylic acid groups (broad SMARTS) is 1. The lowest BCUT2D eigenvalue weighted by atomic mass is 10.7. The maximum atomic E-state index is 9.85. The highest BCUT2D eigenvalue weighted by atomic mass is 33.1. The van der Waals surface area contributed by atoms with Crippen LogP contribution in [0.4, 0.5) is 0 Å². The third-order valence-corrected chi connectivity index (χ3v) is 0.737. The lowest BCUT2D eigenvalue weighted by Gasteiger charge is -1.88. The molecule has 0 saturated heterocycles. The quantitative estimate of drug-likeness (QED) is 0.243. The van der Waals surface area contributed by atoms with Crippen LogP contribution in [-0.2, 0) is 13.8 Å². The number of thiol groups is 1. The van der Waals surface area contributed by atoms with Crippen LogP contribution >= 0.6 is 22.7 Å². The number of carbonyl (C=O) groups excluding carboxylic acids is 1. The molecule has 0 heterocycles. The van der Waals surface area contributed by atoms with Gasteiger partial charge in [0.25, 0.3) is 0 Å². The van der Waals surface area contributed by atoms with E-state index >= 15 is 0 Å². The Balaban J connectivity index is 3.49. The van der Waals surface area contributed by atoms with Crippen LogP contribution in [0.25, 0.3) is 0 Å². The molecular weight excluding hydrogens is 152 g/mol. The third kappa shape index (κ3) is 2.75. The van der Waals surface area contributed by atoms with Gasteiger partial charge >= 0.3 is 11.9 Å². The summed E-state index contributed by atoms with van der Waals surface area (Å²) in [5, 5.41) is 7.79. The van der Waals surface area contributed by atoms with Crippen molar-refractivity contribution in [2.75, 3.05) is 0 Å². The SMILES string of the molecule is O=C(O)C(=O)OSS. The minimum atomic E-state index is -1.62. The number of rotatable bonds is 1. The third-order valence-electron chi connectivity index (χ3n) is 0.288. The zero-order valence-electron chi connectivity index (χ0n) is 3.53. The minimum Gasteiger partial charge on any atom is -0.473 e. The van der Waals surface area contributed by atoms with E-state index in [9.17, 15) is 9.59 Å². The van der Waals surface area contributed by atoms with Gasteiger partial charge in [-0.25, -0.2) is 9.59 Å². The van der Waals surface area contributed by atoms with E-state index in [1.54, 1.807) is 0 Å². The van der Waals surface area contributed by atoms with Crippen molar-refractivity contribution >= 4 is 34.7 Å². The summed E-state index contributed by atoms with van der Waals surface area (Å²) < 4.78 is 3.85. The van der Waals surface area contributed by atoms with Crippen molar-refractivity contribution in [2.24, 2.45) is 0 Å². The van der Waals surface area contributed by atoms with Crippen LogP contribution in [0.1, 0.15) is 0 Å². The molecule has 6 heteroatoms. The second-order valence-corrected chi connectivity index (χ2v) is 1.51. The van der Waals surface area contributed by atoms with Crippen LogP contribution in [0.3, 0.4) is 0 Å². The molecule has 8 heavy (non-hydrogen) atoms. The summed E-state index contributed by atoms with van der Waals surface area (Å²) in [5.74, 6) is -2.93. The Labute approximate surface area is 54.2 Å². The lowest BCUT2D eigenvalue weighted by Crippen LogP contribution is -2.11. The summed E-state index contributed by atoms with van der Waals surface area (Å²) in [6.07, 6.45) is 0. The summed E-state index contributed by atoms with van der Waals surface area (Å²) in [5.41, 5.74) is 0. The number of carbonyl (C=O) groups is 2. The van der Waals surface area contributed by atoms with Crippen LogP contribution in [0.2, 0.25) is 0 Å². The van der Waals surface area contributed by atoms with Crippen LogP contribution in [-0.4, -0.2) is 17.0 Å². The summed E-state index contributed by atoms with van der Waals surface area (Å²) >= 11 is 3.77. The largest absolute Gasteiger partial charge is 0.473 e. The van der Waals surface area contributed by atoms with Gasteiger partial charge in [0.15, 0.2) is 0 Å². The molecule has 0 aliphatic carbocycles. The van der Waals surface area contributed by atoms with Gasteiger partial charge in [0.2, 0.25) is 0 Å². The molecule has 1 N–H and O–H groups in total. The number of hydrogen-bond acceptors (Lipinski definition) is 5. The van der Waals surface area contributed by atoms with Gasteiger partial charge < -0.3 is 9.29 Å². The number of carboxylic acids is 1. The van der Waals surface area contributed by atoms with E-state index in [1.807, 2.05) is 0 Å². The molecule has 0 aromatic carbocycles. The molecule has 4 nitrogen and oxygen atoms in total. The van der Waals surface area contributed by atoms with E-state index in [0.717, 1.165) is 0 Å². The maximum Gasteiger partial charge on any atom is 0.430 e. The average molecular weight is 154 g/mol. The molecule has 0 atom stereocenters. The van der Waals surface area contributed by atoms with Crippen molar-refractivity contribution in [3.63, 3.8) is 0 Å². The zero-order chi connectivity index (χ0) is 6.57. The molecule has 0 aromatic rings. The van der Waals surface area contributed by atoms with Crippen molar-refractivity contribution in [3.05, 3.63) is 0 Å². The molecule has 0 unspecified atom stereocenters. The number of aliphatic carboxylic acids is 1. The first kappa shape index (κ1) is 7.64. The highest BCUT2D eigenvalue weighted by Crippen LogP contribution is 2.05. The Bertz CT molecular complexity index is 111. The molecule has 0 aliphatic rings. The van der Waals surface area contributed by atoms with Gasteiger partial charge in [-0.3, -0.25) is 0 Å². The topological polar surface area (TPSA) is 63.6 Å². The first-order chi connectivity index (χ1) is 3.68. The van der Waals surface area contributed by atoms with Gasteiger partial charge in [-0.05, 0) is 0 Å². The zero-order valence-corrected chi connectivity index (χ0v) is 5.24. The summed E-state index contributed by atoms with van der Waals surface area (Å²) in [6, 6.07) is 0. The molecule has 0 aromatic heterocycles. The van der Waals surface area contributed by atoms with Crippen molar-refractivity contribution in [3.8, 4) is 0 Å². The van der Waals surface area contributed by atoms with Gasteiger partial charge in [0, 0.05) is 0 Å². The fourth-order valence-corrected chi connectivity index (χ4v) is 0.412. The molecule has 0 rings (SSSR count). The summed E-state index contributed by atoms with van der Waals surface area (Å²) in [6.45, 7) is 0. The Kier molecular flexibility index (Phi) is 3.46. The van der Waals surface area contributed by atoms with Gasteiger partial charge in [-0.2, -0.15) is 0 Å². The average Bonchev–Trinajstić information content (AvgIpc) is 1.67. The standard InChI is InChI=1S/C2H2O4S2/c3-1(4)2(5)6-8-7/h7H,(H,3,4). The molecule has 0 spiro atoms. The Morgan fingerprint density at radius 3 is 2.25 bits per heavy atom. The van der Waals surface area contributed by atoms with E-state index in [4.69, 9.17) is 5.11 Å². The fourth-order valence-electron chi connectivity index (χ4n) is 0.0695. The monoisotopic (exact) mass is 154 g/mol. The van der Waals surface area contributed by atoms with E-state index in [0.29, 0.717) is 11.1 Å². The fraction of sp³-hybridized carbons (Fsp3) is 0. The maximum absolute atomic E-state index is 9.85. The van der Waals surface area contributed by atoms with E-state index < -0.39 is 11.9 Å². The van der Waals surface area contributed by atoms with Crippen molar-refractivity contribution < 1.29 is 18.9 Å². The summed E-state index contributed by atoms with van der Waals surface area (Å²) in [4.78, 5) is 19.4. The van der Waals surface area contributed by atoms with Crippen LogP contribution < -0.4 is 0 Å². The normalized spacial score (nSPS) is 8.12. The molecule has 0 radical (unpaired) electrons. The highest BCUT2D eigenvalue weighted by Gasteiger charge is 2.11. The smallest absolute Gasteiger partial charge is 0.430 e. The van der Waals surface area contributed by atoms with Crippen LogP contribution in [0.5, 0.6) is 0 Å². The minimum absolute atomic E-state index is 0.402. The Hall–Kier alpha value is -0.360.